The maximum Gasteiger partial charge on any atom is 0.246 e. The molecule has 10 heteroatoms. The van der Waals surface area contributed by atoms with Gasteiger partial charge in [-0.2, -0.15) is 5.10 Å². The standard InChI is InChI=1S/C35H34FN5O3S/c1-3-31(42)40-12-9-27(21-40)41-20-25(19-38-41)34-32(28-7-6-26(36)17-30(28)44-14-13-43-2)35-29(10-15-45-35)33(39-34)23-4-5-24-18-37-11-8-22(24)16-23/h3-7,10,15-17,19-20,27,37H,1,8-9,11-14,18,21H2,2H3/t27-/m0/s1. The predicted molar refractivity (Wildman–Crippen MR) is 175 cm³/mol. The molecule has 0 bridgehead atoms. The Morgan fingerprint density at radius 3 is 2.93 bits per heavy atom. The summed E-state index contributed by atoms with van der Waals surface area (Å²) in [5.74, 6) is -0.0173. The van der Waals surface area contributed by atoms with Crippen LogP contribution >= 0.6 is 11.3 Å². The van der Waals surface area contributed by atoms with E-state index in [9.17, 15) is 9.18 Å². The molecule has 5 heterocycles. The van der Waals surface area contributed by atoms with Crippen molar-refractivity contribution in [2.45, 2.75) is 25.4 Å². The second-order valence-corrected chi connectivity index (χ2v) is 12.3. The fraction of sp³-hybridized carbons (Fsp3) is 0.286. The largest absolute Gasteiger partial charge is 0.490 e. The molecule has 45 heavy (non-hydrogen) atoms. The Hall–Kier alpha value is -4.38. The summed E-state index contributed by atoms with van der Waals surface area (Å²) in [7, 11) is 1.61. The molecular weight excluding hydrogens is 589 g/mol. The van der Waals surface area contributed by atoms with E-state index < -0.39 is 0 Å². The summed E-state index contributed by atoms with van der Waals surface area (Å²) in [4.78, 5) is 19.4. The molecule has 1 saturated heterocycles. The summed E-state index contributed by atoms with van der Waals surface area (Å²) >= 11 is 1.63. The Bertz CT molecular complexity index is 1900. The van der Waals surface area contributed by atoms with E-state index in [4.69, 9.17) is 19.6 Å². The van der Waals surface area contributed by atoms with Crippen molar-refractivity contribution in [3.05, 3.63) is 89.8 Å². The zero-order valence-electron chi connectivity index (χ0n) is 25.1. The van der Waals surface area contributed by atoms with Crippen molar-refractivity contribution in [1.29, 1.82) is 0 Å². The van der Waals surface area contributed by atoms with Gasteiger partial charge in [0.2, 0.25) is 5.91 Å². The number of fused-ring (bicyclic) bond motifs is 2. The number of nitrogens with one attached hydrogen (secondary N) is 1. The quantitative estimate of drug-likeness (QED) is 0.154. The molecule has 2 aromatic carbocycles. The summed E-state index contributed by atoms with van der Waals surface area (Å²) in [6.07, 6.45) is 6.97. The van der Waals surface area contributed by atoms with Gasteiger partial charge < -0.3 is 19.7 Å². The van der Waals surface area contributed by atoms with Crippen molar-refractivity contribution in [2.24, 2.45) is 0 Å². The van der Waals surface area contributed by atoms with Crippen molar-refractivity contribution in [1.82, 2.24) is 25.0 Å². The minimum absolute atomic E-state index is 0.0454. The van der Waals surface area contributed by atoms with Crippen LogP contribution in [0.5, 0.6) is 5.75 Å². The zero-order valence-corrected chi connectivity index (χ0v) is 25.9. The highest BCUT2D eigenvalue weighted by molar-refractivity contribution is 7.18. The highest BCUT2D eigenvalue weighted by Crippen LogP contribution is 2.46. The SMILES string of the molecule is C=CC(=O)N1CC[C@H](n2cc(-c3nc(-c4ccc5c(c4)CCNC5)c4ccsc4c3-c3ccc(F)cc3OCCOC)cn2)C1. The average molecular weight is 624 g/mol. The van der Waals surface area contributed by atoms with Crippen LogP contribution < -0.4 is 10.1 Å². The number of nitrogens with zero attached hydrogens (tertiary/aromatic N) is 4. The van der Waals surface area contributed by atoms with E-state index in [1.807, 2.05) is 17.1 Å². The van der Waals surface area contributed by atoms with Gasteiger partial charge in [0.25, 0.3) is 0 Å². The Labute approximate surface area is 265 Å². The van der Waals surface area contributed by atoms with Crippen LogP contribution in [0.3, 0.4) is 0 Å². The minimum Gasteiger partial charge on any atom is -0.490 e. The predicted octanol–water partition coefficient (Wildman–Crippen LogP) is 6.26. The zero-order chi connectivity index (χ0) is 30.9. The van der Waals surface area contributed by atoms with Gasteiger partial charge in [0.1, 0.15) is 18.2 Å². The highest BCUT2D eigenvalue weighted by Gasteiger charge is 2.28. The number of aromatic nitrogens is 3. The van der Waals surface area contributed by atoms with Gasteiger partial charge >= 0.3 is 0 Å². The maximum atomic E-state index is 14.6. The van der Waals surface area contributed by atoms with Gasteiger partial charge in [0.05, 0.1) is 30.2 Å². The fourth-order valence-electron chi connectivity index (χ4n) is 6.33. The molecule has 1 fully saturated rings. The van der Waals surface area contributed by atoms with Gasteiger partial charge in [-0.05, 0) is 66.2 Å². The molecule has 2 aliphatic rings. The summed E-state index contributed by atoms with van der Waals surface area (Å²) in [6, 6.07) is 13.4. The molecule has 2 aliphatic heterocycles. The smallest absolute Gasteiger partial charge is 0.246 e. The van der Waals surface area contributed by atoms with Gasteiger partial charge in [-0.15, -0.1) is 11.3 Å². The number of pyridine rings is 1. The molecule has 0 unspecified atom stereocenters. The second kappa shape index (κ2) is 12.5. The number of amides is 1. The minimum atomic E-state index is -0.379. The maximum absolute atomic E-state index is 14.6. The van der Waals surface area contributed by atoms with Crippen LogP contribution in [0.15, 0.2) is 72.9 Å². The molecule has 5 aromatic rings. The summed E-state index contributed by atoms with van der Waals surface area (Å²) in [5.41, 5.74) is 7.80. The number of halogens is 1. The Morgan fingerprint density at radius 1 is 1.16 bits per heavy atom. The highest BCUT2D eigenvalue weighted by atomic mass is 32.1. The first-order chi connectivity index (χ1) is 22.0. The van der Waals surface area contributed by atoms with E-state index in [0.29, 0.717) is 25.4 Å². The number of hydrogen-bond acceptors (Lipinski definition) is 7. The molecule has 0 saturated carbocycles. The number of ether oxygens (including phenoxy) is 2. The van der Waals surface area contributed by atoms with Crippen molar-refractivity contribution >= 4 is 27.3 Å². The van der Waals surface area contributed by atoms with E-state index in [2.05, 4.69) is 41.5 Å². The molecule has 0 aliphatic carbocycles. The van der Waals surface area contributed by atoms with Crippen molar-refractivity contribution in [3.63, 3.8) is 0 Å². The van der Waals surface area contributed by atoms with Gasteiger partial charge in [-0.25, -0.2) is 9.37 Å². The van der Waals surface area contributed by atoms with Crippen molar-refractivity contribution in [2.75, 3.05) is 40.0 Å². The Balaban J connectivity index is 1.40. The number of benzene rings is 2. The lowest BCUT2D eigenvalue weighted by Crippen LogP contribution is -2.27. The van der Waals surface area contributed by atoms with Crippen LogP contribution in [0.25, 0.3) is 43.7 Å². The van der Waals surface area contributed by atoms with Crippen LogP contribution in [-0.4, -0.2) is 65.5 Å². The third kappa shape index (κ3) is 5.65. The van der Waals surface area contributed by atoms with Crippen LogP contribution in [0.4, 0.5) is 4.39 Å². The van der Waals surface area contributed by atoms with E-state index >= 15 is 0 Å². The first kappa shape index (κ1) is 29.3. The van der Waals surface area contributed by atoms with E-state index in [0.717, 1.165) is 69.7 Å². The number of rotatable bonds is 9. The topological polar surface area (TPSA) is 81.5 Å². The number of methoxy groups -OCH3 is 1. The summed E-state index contributed by atoms with van der Waals surface area (Å²) < 4.78 is 28.8. The lowest BCUT2D eigenvalue weighted by atomic mass is 9.93. The van der Waals surface area contributed by atoms with Crippen molar-refractivity contribution in [3.8, 4) is 39.4 Å². The van der Waals surface area contributed by atoms with Crippen LogP contribution in [-0.2, 0) is 22.5 Å². The number of carbonyl (C=O) groups excluding carboxylic acids is 1. The molecule has 1 atom stereocenters. The first-order valence-corrected chi connectivity index (χ1v) is 16.0. The van der Waals surface area contributed by atoms with Crippen molar-refractivity contribution < 1.29 is 18.7 Å². The molecule has 7 rings (SSSR count). The third-order valence-electron chi connectivity index (χ3n) is 8.63. The Morgan fingerprint density at radius 2 is 2.07 bits per heavy atom. The second-order valence-electron chi connectivity index (χ2n) is 11.4. The number of carbonyl (C=O) groups is 1. The molecule has 1 N–H and O–H groups in total. The molecule has 8 nitrogen and oxygen atoms in total. The molecule has 0 radical (unpaired) electrons. The molecule has 3 aromatic heterocycles. The van der Waals surface area contributed by atoms with Gasteiger partial charge in [0, 0.05) is 71.3 Å². The van der Waals surface area contributed by atoms with Gasteiger partial charge in [-0.3, -0.25) is 9.48 Å². The molecular formula is C35H34FN5O3S. The monoisotopic (exact) mass is 623 g/mol. The molecule has 0 spiro atoms. The van der Waals surface area contributed by atoms with E-state index in [-0.39, 0.29) is 24.4 Å². The fourth-order valence-corrected chi connectivity index (χ4v) is 7.29. The van der Waals surface area contributed by atoms with Crippen LogP contribution in [0, 0.1) is 5.82 Å². The third-order valence-corrected chi connectivity index (χ3v) is 9.56. The number of thiophene rings is 1. The summed E-state index contributed by atoms with van der Waals surface area (Å²) in [5, 5.41) is 11.3. The van der Waals surface area contributed by atoms with E-state index in [1.165, 1.54) is 29.3 Å². The number of likely N-dealkylation sites (tertiary alicyclic amines) is 1. The van der Waals surface area contributed by atoms with Gasteiger partial charge in [0.15, 0.2) is 0 Å². The average Bonchev–Trinajstić information content (AvgIpc) is 3.85. The first-order valence-electron chi connectivity index (χ1n) is 15.2. The van der Waals surface area contributed by atoms with Crippen LogP contribution in [0.2, 0.25) is 0 Å². The summed E-state index contributed by atoms with van der Waals surface area (Å²) in [6.45, 7) is 7.34. The molecule has 230 valence electrons. The van der Waals surface area contributed by atoms with Gasteiger partial charge in [-0.1, -0.05) is 18.7 Å². The lowest BCUT2D eigenvalue weighted by Gasteiger charge is -2.19. The normalized spacial score (nSPS) is 16.2. The Kier molecular flexibility index (Phi) is 8.18. The van der Waals surface area contributed by atoms with Crippen LogP contribution in [0.1, 0.15) is 23.6 Å². The number of hydrogen-bond donors (Lipinski definition) is 1. The molecule has 1 amide bonds. The van der Waals surface area contributed by atoms with E-state index in [1.54, 1.807) is 29.4 Å². The lowest BCUT2D eigenvalue weighted by molar-refractivity contribution is -0.125.